The van der Waals surface area contributed by atoms with Crippen molar-refractivity contribution in [1.82, 2.24) is 33.5 Å². The van der Waals surface area contributed by atoms with E-state index < -0.39 is 0 Å². The molecular formula is C40H25N7. The molecule has 0 aliphatic rings. The van der Waals surface area contributed by atoms with Gasteiger partial charge in [-0.3, -0.25) is 13.5 Å². The lowest BCUT2D eigenvalue weighted by Crippen LogP contribution is -2.07. The summed E-state index contributed by atoms with van der Waals surface area (Å²) in [5.41, 5.74) is 8.99. The Labute approximate surface area is 268 Å². The van der Waals surface area contributed by atoms with E-state index in [1.165, 1.54) is 0 Å². The molecule has 6 aromatic carbocycles. The third-order valence-corrected chi connectivity index (χ3v) is 8.90. The highest BCUT2D eigenvalue weighted by atomic mass is 15.2. The van der Waals surface area contributed by atoms with E-state index in [4.69, 9.17) is 19.9 Å². The Kier molecular flexibility index (Phi) is 5.44. The van der Waals surface area contributed by atoms with Gasteiger partial charge < -0.3 is 0 Å². The van der Waals surface area contributed by atoms with Gasteiger partial charge in [0, 0.05) is 27.6 Å². The lowest BCUT2D eigenvalue weighted by molar-refractivity contribution is 0.953. The van der Waals surface area contributed by atoms with E-state index in [0.717, 1.165) is 66.5 Å². The number of aromatic nitrogens is 7. The van der Waals surface area contributed by atoms with Crippen molar-refractivity contribution in [2.24, 2.45) is 0 Å². The molecule has 4 aromatic heterocycles. The van der Waals surface area contributed by atoms with Crippen LogP contribution in [0.15, 0.2) is 152 Å². The van der Waals surface area contributed by atoms with Crippen LogP contribution in [0, 0.1) is 0 Å². The Morgan fingerprint density at radius 1 is 0.383 bits per heavy atom. The van der Waals surface area contributed by atoms with E-state index in [-0.39, 0.29) is 0 Å². The van der Waals surface area contributed by atoms with E-state index in [1.54, 1.807) is 0 Å². The van der Waals surface area contributed by atoms with Crippen molar-refractivity contribution in [2.45, 2.75) is 0 Å². The lowest BCUT2D eigenvalue weighted by atomic mass is 10.1. The molecule has 220 valence electrons. The highest BCUT2D eigenvalue weighted by Crippen LogP contribution is 2.40. The van der Waals surface area contributed by atoms with Crippen LogP contribution in [-0.2, 0) is 0 Å². The number of hydrogen-bond donors (Lipinski definition) is 0. The molecule has 0 bridgehead atoms. The van der Waals surface area contributed by atoms with E-state index in [1.807, 2.05) is 72.8 Å². The number of benzene rings is 6. The minimum absolute atomic E-state index is 0.555. The van der Waals surface area contributed by atoms with Gasteiger partial charge in [0.25, 0.3) is 0 Å². The van der Waals surface area contributed by atoms with Gasteiger partial charge in [-0.05, 0) is 42.5 Å². The number of fused-ring (bicyclic) bond motifs is 9. The number of hydrogen-bond acceptors (Lipinski definition) is 4. The Morgan fingerprint density at radius 2 is 0.979 bits per heavy atom. The van der Waals surface area contributed by atoms with Crippen LogP contribution >= 0.6 is 0 Å². The van der Waals surface area contributed by atoms with Gasteiger partial charge in [0.05, 0.1) is 33.1 Å². The molecule has 4 heterocycles. The summed E-state index contributed by atoms with van der Waals surface area (Å²) in [6, 6.07) is 51.9. The molecule has 0 atom stereocenters. The zero-order valence-electron chi connectivity index (χ0n) is 25.1. The van der Waals surface area contributed by atoms with Gasteiger partial charge in [-0.25, -0.2) is 9.97 Å². The highest BCUT2D eigenvalue weighted by Gasteiger charge is 2.25. The summed E-state index contributed by atoms with van der Waals surface area (Å²) in [4.78, 5) is 20.5. The van der Waals surface area contributed by atoms with Crippen LogP contribution in [0.3, 0.4) is 0 Å². The molecule has 7 heteroatoms. The largest absolute Gasteiger partial charge is 0.276 e. The third-order valence-electron chi connectivity index (χ3n) is 8.90. The fourth-order valence-corrected chi connectivity index (χ4v) is 6.86. The molecule has 0 saturated carbocycles. The van der Waals surface area contributed by atoms with Crippen molar-refractivity contribution in [2.75, 3.05) is 0 Å². The van der Waals surface area contributed by atoms with Crippen molar-refractivity contribution in [1.29, 1.82) is 0 Å². The zero-order chi connectivity index (χ0) is 30.9. The number of imidazole rings is 2. The Balaban J connectivity index is 1.41. The topological polar surface area (TPSA) is 65.8 Å². The predicted molar refractivity (Wildman–Crippen MR) is 188 cm³/mol. The van der Waals surface area contributed by atoms with Gasteiger partial charge >= 0.3 is 0 Å². The first-order chi connectivity index (χ1) is 23.3. The van der Waals surface area contributed by atoms with Gasteiger partial charge in [0.1, 0.15) is 0 Å². The quantitative estimate of drug-likeness (QED) is 0.201. The number of rotatable bonds is 4. The molecule has 10 rings (SSSR count). The standard InChI is InChI=1S/C40H25N7/c1-4-14-26(15-5-1)37-42-38(27-16-6-2-7-17-27)44-39(43-37)47-32-22-12-10-20-29(32)30-24-25-34-36(35(30)47)45(28-18-8-3-9-19-28)40-41-31-21-11-13-23-33(31)46(34)40/h1-25H. The molecule has 7 nitrogen and oxygen atoms in total. The summed E-state index contributed by atoms with van der Waals surface area (Å²) >= 11 is 0. The molecule has 0 aliphatic heterocycles. The SMILES string of the molecule is c1ccc(-c2nc(-c3ccccc3)nc(-n3c4ccccc4c4ccc5c(c43)n(-c3ccccc3)c3nc4ccccc4n53)n2)cc1. The molecule has 0 amide bonds. The Morgan fingerprint density at radius 3 is 1.68 bits per heavy atom. The molecule has 47 heavy (non-hydrogen) atoms. The maximum Gasteiger partial charge on any atom is 0.238 e. The van der Waals surface area contributed by atoms with Crippen LogP contribution in [0.25, 0.3) is 84.1 Å². The predicted octanol–water partition coefficient (Wildman–Crippen LogP) is 9.05. The van der Waals surface area contributed by atoms with Crippen molar-refractivity contribution < 1.29 is 0 Å². The van der Waals surface area contributed by atoms with Crippen LogP contribution < -0.4 is 0 Å². The second kappa shape index (κ2) is 9.95. The van der Waals surface area contributed by atoms with Gasteiger partial charge in [0.2, 0.25) is 11.7 Å². The summed E-state index contributed by atoms with van der Waals surface area (Å²) in [6.45, 7) is 0. The smallest absolute Gasteiger partial charge is 0.238 e. The summed E-state index contributed by atoms with van der Waals surface area (Å²) in [5.74, 6) is 2.64. The van der Waals surface area contributed by atoms with E-state index in [0.29, 0.717) is 17.6 Å². The van der Waals surface area contributed by atoms with Crippen LogP contribution in [0.5, 0.6) is 0 Å². The fourth-order valence-electron chi connectivity index (χ4n) is 6.86. The molecule has 10 aromatic rings. The van der Waals surface area contributed by atoms with Crippen LogP contribution in [0.2, 0.25) is 0 Å². The molecule has 0 aliphatic carbocycles. The first-order valence-corrected chi connectivity index (χ1v) is 15.6. The summed E-state index contributed by atoms with van der Waals surface area (Å²) in [5, 5.41) is 2.23. The average molecular weight is 604 g/mol. The van der Waals surface area contributed by atoms with E-state index in [2.05, 4.69) is 92.4 Å². The summed E-state index contributed by atoms with van der Waals surface area (Å²) < 4.78 is 6.73. The van der Waals surface area contributed by atoms with Crippen LogP contribution in [0.4, 0.5) is 0 Å². The highest BCUT2D eigenvalue weighted by molar-refractivity contribution is 6.18. The van der Waals surface area contributed by atoms with E-state index in [9.17, 15) is 0 Å². The monoisotopic (exact) mass is 603 g/mol. The Hall–Kier alpha value is -6.60. The first-order valence-electron chi connectivity index (χ1n) is 15.6. The average Bonchev–Trinajstić information content (AvgIpc) is 3.79. The van der Waals surface area contributed by atoms with Gasteiger partial charge in [0.15, 0.2) is 11.6 Å². The van der Waals surface area contributed by atoms with Crippen molar-refractivity contribution in [3.8, 4) is 34.4 Å². The maximum absolute atomic E-state index is 5.18. The molecule has 0 N–H and O–H groups in total. The van der Waals surface area contributed by atoms with Crippen LogP contribution in [0.1, 0.15) is 0 Å². The van der Waals surface area contributed by atoms with Gasteiger partial charge in [-0.1, -0.05) is 109 Å². The third kappa shape index (κ3) is 3.80. The van der Waals surface area contributed by atoms with Gasteiger partial charge in [-0.2, -0.15) is 9.97 Å². The van der Waals surface area contributed by atoms with Crippen molar-refractivity contribution in [3.63, 3.8) is 0 Å². The van der Waals surface area contributed by atoms with E-state index >= 15 is 0 Å². The zero-order valence-corrected chi connectivity index (χ0v) is 25.1. The molecular weight excluding hydrogens is 578 g/mol. The minimum Gasteiger partial charge on any atom is -0.276 e. The van der Waals surface area contributed by atoms with Crippen molar-refractivity contribution in [3.05, 3.63) is 152 Å². The number of nitrogens with zero attached hydrogens (tertiary/aromatic N) is 7. The lowest BCUT2D eigenvalue weighted by Gasteiger charge is -2.12. The summed E-state index contributed by atoms with van der Waals surface area (Å²) in [7, 11) is 0. The second-order valence-corrected chi connectivity index (χ2v) is 11.6. The summed E-state index contributed by atoms with van der Waals surface area (Å²) in [6.07, 6.45) is 0. The molecule has 0 fully saturated rings. The Bertz CT molecular complexity index is 2720. The first kappa shape index (κ1) is 25.7. The molecule has 0 spiro atoms. The maximum atomic E-state index is 5.18. The number of para-hydroxylation sites is 4. The second-order valence-electron chi connectivity index (χ2n) is 11.6. The van der Waals surface area contributed by atoms with Gasteiger partial charge in [-0.15, -0.1) is 0 Å². The molecule has 0 saturated heterocycles. The minimum atomic E-state index is 0.555. The van der Waals surface area contributed by atoms with Crippen molar-refractivity contribution >= 4 is 49.7 Å². The normalized spacial score (nSPS) is 11.8. The molecule has 0 unspecified atom stereocenters. The molecule has 0 radical (unpaired) electrons. The fraction of sp³-hybridized carbons (Fsp3) is 0. The van der Waals surface area contributed by atoms with Crippen LogP contribution in [-0.4, -0.2) is 33.5 Å².